The second-order valence-electron chi connectivity index (χ2n) is 7.86. The Balaban J connectivity index is 2.06. The van der Waals surface area contributed by atoms with Crippen LogP contribution in [-0.2, 0) is 32.0 Å². The molecule has 0 heterocycles. The topological polar surface area (TPSA) is 171 Å². The fourth-order valence-corrected chi connectivity index (χ4v) is 3.14. The molecule has 4 unspecified atom stereocenters. The maximum absolute atomic E-state index is 12.8. The quantitative estimate of drug-likeness (QED) is 0.239. The van der Waals surface area contributed by atoms with E-state index in [1.807, 2.05) is 30.3 Å². The highest BCUT2D eigenvalue weighted by Crippen LogP contribution is 2.06. The fourth-order valence-electron chi connectivity index (χ4n) is 3.14. The van der Waals surface area contributed by atoms with Gasteiger partial charge in [0, 0.05) is 6.42 Å². The summed E-state index contributed by atoms with van der Waals surface area (Å²) in [7, 11) is 0. The van der Waals surface area contributed by atoms with Crippen molar-refractivity contribution in [3.63, 3.8) is 0 Å². The fraction of sp³-hybridized carbons (Fsp3) is 0.333. The smallest absolute Gasteiger partial charge is 0.325 e. The summed E-state index contributed by atoms with van der Waals surface area (Å²) in [6, 6.07) is 13.3. The molecule has 0 fully saturated rings. The van der Waals surface area contributed by atoms with E-state index in [0.717, 1.165) is 11.1 Å². The van der Waals surface area contributed by atoms with Gasteiger partial charge in [-0.25, -0.2) is 0 Å². The summed E-state index contributed by atoms with van der Waals surface area (Å²) in [5.74, 6) is -3.38. The van der Waals surface area contributed by atoms with Crippen molar-refractivity contribution in [1.29, 1.82) is 0 Å². The van der Waals surface area contributed by atoms with E-state index in [1.54, 1.807) is 30.3 Å². The Labute approximate surface area is 197 Å². The van der Waals surface area contributed by atoms with Gasteiger partial charge in [-0.1, -0.05) is 60.7 Å². The predicted octanol–water partition coefficient (Wildman–Crippen LogP) is -0.650. The van der Waals surface area contributed by atoms with Crippen molar-refractivity contribution >= 4 is 23.7 Å². The van der Waals surface area contributed by atoms with E-state index < -0.39 is 54.5 Å². The zero-order valence-electron chi connectivity index (χ0n) is 18.8. The minimum Gasteiger partial charge on any atom is -0.480 e. The van der Waals surface area contributed by atoms with E-state index in [4.69, 9.17) is 10.8 Å². The van der Waals surface area contributed by atoms with Gasteiger partial charge in [0.2, 0.25) is 17.7 Å². The number of hydrogen-bond donors (Lipinski definition) is 6. The van der Waals surface area contributed by atoms with Crippen LogP contribution in [-0.4, -0.2) is 64.7 Å². The third-order valence-corrected chi connectivity index (χ3v) is 5.10. The van der Waals surface area contributed by atoms with Crippen LogP contribution in [0.5, 0.6) is 0 Å². The van der Waals surface area contributed by atoms with Crippen LogP contribution < -0.4 is 21.7 Å². The second kappa shape index (κ2) is 13.1. The number of amides is 3. The highest BCUT2D eigenvalue weighted by Gasteiger charge is 2.29. The minimum atomic E-state index is -1.35. The highest BCUT2D eigenvalue weighted by molar-refractivity contribution is 5.94. The van der Waals surface area contributed by atoms with Crippen molar-refractivity contribution in [2.75, 3.05) is 6.61 Å². The minimum absolute atomic E-state index is 0.0738. The van der Waals surface area contributed by atoms with Crippen molar-refractivity contribution in [2.45, 2.75) is 43.9 Å². The Morgan fingerprint density at radius 1 is 0.765 bits per heavy atom. The van der Waals surface area contributed by atoms with Gasteiger partial charge in [-0.05, 0) is 24.5 Å². The molecule has 0 bridgehead atoms. The first-order valence-corrected chi connectivity index (χ1v) is 10.8. The molecule has 0 spiro atoms. The number of hydrogen-bond acceptors (Lipinski definition) is 6. The van der Waals surface area contributed by atoms with E-state index in [9.17, 15) is 24.3 Å². The SMILES string of the molecule is CC(NC(=O)C(Cc1ccccc1)NC(=O)C(CO)NC(=O)C(N)Cc1ccccc1)C(=O)O. The summed E-state index contributed by atoms with van der Waals surface area (Å²) in [6.45, 7) is 0.577. The molecular formula is C24H30N4O6. The van der Waals surface area contributed by atoms with Crippen LogP contribution in [0.3, 0.4) is 0 Å². The normalized spacial score (nSPS) is 14.2. The average Bonchev–Trinajstić information content (AvgIpc) is 2.82. The zero-order chi connectivity index (χ0) is 25.1. The number of carboxylic acids is 1. The number of carbonyl (C=O) groups excluding carboxylic acids is 3. The van der Waals surface area contributed by atoms with Crippen LogP contribution in [0.15, 0.2) is 60.7 Å². The molecule has 182 valence electrons. The third kappa shape index (κ3) is 8.30. The number of aliphatic carboxylic acids is 1. The molecule has 7 N–H and O–H groups in total. The highest BCUT2D eigenvalue weighted by atomic mass is 16.4. The van der Waals surface area contributed by atoms with Crippen LogP contribution in [0.25, 0.3) is 0 Å². The predicted molar refractivity (Wildman–Crippen MR) is 124 cm³/mol. The number of aliphatic hydroxyl groups is 1. The van der Waals surface area contributed by atoms with Gasteiger partial charge in [-0.3, -0.25) is 19.2 Å². The number of nitrogens with one attached hydrogen (secondary N) is 3. The number of carboxylic acid groups (broad SMARTS) is 1. The van der Waals surface area contributed by atoms with Gasteiger partial charge >= 0.3 is 5.97 Å². The molecule has 0 aromatic heterocycles. The third-order valence-electron chi connectivity index (χ3n) is 5.10. The van der Waals surface area contributed by atoms with E-state index >= 15 is 0 Å². The van der Waals surface area contributed by atoms with Gasteiger partial charge in [-0.15, -0.1) is 0 Å². The second-order valence-corrected chi connectivity index (χ2v) is 7.86. The molecule has 0 aliphatic carbocycles. The molecule has 0 aliphatic rings. The van der Waals surface area contributed by atoms with Crippen molar-refractivity contribution < 1.29 is 29.4 Å². The van der Waals surface area contributed by atoms with E-state index in [0.29, 0.717) is 0 Å². The standard InChI is InChI=1S/C24H30N4O6/c1-15(24(33)34)26-22(31)19(13-17-10-6-3-7-11-17)27-23(32)20(14-29)28-21(30)18(25)12-16-8-4-2-5-9-16/h2-11,15,18-20,29H,12-14,25H2,1H3,(H,26,31)(H,27,32)(H,28,30)(H,33,34). The van der Waals surface area contributed by atoms with Crippen molar-refractivity contribution in [3.05, 3.63) is 71.8 Å². The van der Waals surface area contributed by atoms with Crippen LogP contribution in [0.2, 0.25) is 0 Å². The van der Waals surface area contributed by atoms with Gasteiger partial charge in [-0.2, -0.15) is 0 Å². The van der Waals surface area contributed by atoms with Gasteiger partial charge in [0.1, 0.15) is 18.1 Å². The van der Waals surface area contributed by atoms with Gasteiger partial charge in [0.05, 0.1) is 12.6 Å². The molecule has 10 nitrogen and oxygen atoms in total. The van der Waals surface area contributed by atoms with Crippen LogP contribution in [0.4, 0.5) is 0 Å². The molecule has 4 atom stereocenters. The largest absolute Gasteiger partial charge is 0.480 e. The molecule has 2 aromatic rings. The summed E-state index contributed by atoms with van der Waals surface area (Å²) < 4.78 is 0. The molecule has 0 saturated heterocycles. The first-order chi connectivity index (χ1) is 16.2. The molecule has 10 heteroatoms. The summed E-state index contributed by atoms with van der Waals surface area (Å²) in [5, 5.41) is 26.0. The maximum atomic E-state index is 12.8. The molecule has 0 saturated carbocycles. The first-order valence-electron chi connectivity index (χ1n) is 10.8. The maximum Gasteiger partial charge on any atom is 0.325 e. The van der Waals surface area contributed by atoms with E-state index in [1.165, 1.54) is 6.92 Å². The molecule has 2 aromatic carbocycles. The Kier molecular flexibility index (Phi) is 10.2. The molecular weight excluding hydrogens is 440 g/mol. The number of rotatable bonds is 12. The lowest BCUT2D eigenvalue weighted by Gasteiger charge is -2.24. The number of aliphatic hydroxyl groups excluding tert-OH is 1. The molecule has 0 radical (unpaired) electrons. The monoisotopic (exact) mass is 470 g/mol. The van der Waals surface area contributed by atoms with Crippen LogP contribution in [0.1, 0.15) is 18.1 Å². The van der Waals surface area contributed by atoms with Crippen molar-refractivity contribution in [3.8, 4) is 0 Å². The molecule has 3 amide bonds. The van der Waals surface area contributed by atoms with Gasteiger partial charge < -0.3 is 31.9 Å². The summed E-state index contributed by atoms with van der Waals surface area (Å²) >= 11 is 0. The van der Waals surface area contributed by atoms with Crippen molar-refractivity contribution in [1.82, 2.24) is 16.0 Å². The number of carbonyl (C=O) groups is 4. The molecule has 0 aliphatic heterocycles. The average molecular weight is 471 g/mol. The number of nitrogens with two attached hydrogens (primary N) is 1. The van der Waals surface area contributed by atoms with E-state index in [2.05, 4.69) is 16.0 Å². The summed E-state index contributed by atoms with van der Waals surface area (Å²) in [6.07, 6.45) is 0.308. The summed E-state index contributed by atoms with van der Waals surface area (Å²) in [5.41, 5.74) is 7.50. The first kappa shape index (κ1) is 26.5. The van der Waals surface area contributed by atoms with Crippen LogP contribution in [0, 0.1) is 0 Å². The molecule has 34 heavy (non-hydrogen) atoms. The lowest BCUT2D eigenvalue weighted by molar-refractivity contribution is -0.141. The van der Waals surface area contributed by atoms with Gasteiger partial charge in [0.15, 0.2) is 0 Å². The lowest BCUT2D eigenvalue weighted by atomic mass is 10.0. The Bertz CT molecular complexity index is 970. The Morgan fingerprint density at radius 3 is 1.74 bits per heavy atom. The van der Waals surface area contributed by atoms with Crippen molar-refractivity contribution in [2.24, 2.45) is 5.73 Å². The lowest BCUT2D eigenvalue weighted by Crippen LogP contribution is -2.58. The Hall–Kier alpha value is -3.76. The molecule has 2 rings (SSSR count). The summed E-state index contributed by atoms with van der Waals surface area (Å²) in [4.78, 5) is 49.1. The zero-order valence-corrected chi connectivity index (χ0v) is 18.8. The van der Waals surface area contributed by atoms with Gasteiger partial charge in [0.25, 0.3) is 0 Å². The van der Waals surface area contributed by atoms with E-state index in [-0.39, 0.29) is 12.8 Å². The Morgan fingerprint density at radius 2 is 1.24 bits per heavy atom. The number of benzene rings is 2. The van der Waals surface area contributed by atoms with Crippen LogP contribution >= 0.6 is 0 Å².